The van der Waals surface area contributed by atoms with Crippen LogP contribution in [0.25, 0.3) is 17.0 Å². The molecule has 0 radical (unpaired) electrons. The van der Waals surface area contributed by atoms with Crippen LogP contribution in [0.4, 0.5) is 5.69 Å². The van der Waals surface area contributed by atoms with Crippen molar-refractivity contribution in [2.45, 2.75) is 27.3 Å². The maximum absolute atomic E-state index is 12.9. The summed E-state index contributed by atoms with van der Waals surface area (Å²) in [6, 6.07) is 12.9. The largest absolute Gasteiger partial charge is 0.506 e. The van der Waals surface area contributed by atoms with Gasteiger partial charge in [0.25, 0.3) is 0 Å². The van der Waals surface area contributed by atoms with Crippen molar-refractivity contribution in [3.05, 3.63) is 74.9 Å². The second-order valence-electron chi connectivity index (χ2n) is 8.61. The summed E-state index contributed by atoms with van der Waals surface area (Å²) in [7, 11) is 1.58. The molecule has 0 atom stereocenters. The Hall–Kier alpha value is -3.50. The zero-order valence-corrected chi connectivity index (χ0v) is 24.6. The minimum Gasteiger partial charge on any atom is -0.506 e. The van der Waals surface area contributed by atoms with E-state index in [9.17, 15) is 14.7 Å². The number of methoxy groups -OCH3 is 1. The monoisotopic (exact) mass is 611 g/mol. The number of carbonyl (C=O) groups excluding carboxylic acids is 2. The zero-order chi connectivity index (χ0) is 28.1. The minimum atomic E-state index is -0.645. The van der Waals surface area contributed by atoms with Crippen molar-refractivity contribution < 1.29 is 24.2 Å². The van der Waals surface area contributed by atoms with Gasteiger partial charge in [0, 0.05) is 40.2 Å². The van der Waals surface area contributed by atoms with Crippen LogP contribution < -0.4 is 4.74 Å². The summed E-state index contributed by atoms with van der Waals surface area (Å²) in [5.74, 6) is -0.130. The number of nitrogens with zero attached hydrogens (tertiary/aromatic N) is 3. The number of halogens is 1. The molecule has 1 amide bonds. The summed E-state index contributed by atoms with van der Waals surface area (Å²) in [5, 5.41) is 12.4. The molecule has 0 saturated carbocycles. The van der Waals surface area contributed by atoms with Crippen LogP contribution in [0.1, 0.15) is 26.3 Å². The van der Waals surface area contributed by atoms with Gasteiger partial charge in [-0.05, 0) is 69.3 Å². The number of aliphatic imine (C=N–C) groups is 1. The Balaban J connectivity index is 1.78. The minimum absolute atomic E-state index is 0.0190. The van der Waals surface area contributed by atoms with Gasteiger partial charge in [-0.25, -0.2) is 9.79 Å². The van der Waals surface area contributed by atoms with Crippen LogP contribution in [0.3, 0.4) is 0 Å². The highest BCUT2D eigenvalue weighted by atomic mass is 79.9. The first-order valence-corrected chi connectivity index (χ1v) is 14.2. The van der Waals surface area contributed by atoms with Gasteiger partial charge in [0.05, 0.1) is 24.3 Å². The highest BCUT2D eigenvalue weighted by Gasteiger charge is 2.33. The first-order valence-electron chi connectivity index (χ1n) is 12.6. The molecule has 4 rings (SSSR count). The predicted octanol–water partition coefficient (Wildman–Crippen LogP) is 6.47. The molecule has 0 bridgehead atoms. The smallest absolute Gasteiger partial charge is 0.344 e. The van der Waals surface area contributed by atoms with E-state index in [0.29, 0.717) is 34.5 Å². The molecule has 2 heterocycles. The third-order valence-corrected chi connectivity index (χ3v) is 7.77. The van der Waals surface area contributed by atoms with Gasteiger partial charge < -0.3 is 24.0 Å². The van der Waals surface area contributed by atoms with E-state index in [-0.39, 0.29) is 30.4 Å². The summed E-state index contributed by atoms with van der Waals surface area (Å²) < 4.78 is 13.2. The molecule has 2 aromatic carbocycles. The Morgan fingerprint density at radius 2 is 1.85 bits per heavy atom. The maximum atomic E-state index is 12.9. The topological polar surface area (TPSA) is 93.4 Å². The average molecular weight is 613 g/mol. The number of fused-ring (bicyclic) bond motifs is 1. The number of benzene rings is 2. The van der Waals surface area contributed by atoms with Crippen LogP contribution in [0.5, 0.6) is 5.75 Å². The number of hydrogen-bond donors (Lipinski definition) is 1. The van der Waals surface area contributed by atoms with Crippen molar-refractivity contribution in [2.24, 2.45) is 4.99 Å². The van der Waals surface area contributed by atoms with Gasteiger partial charge in [-0.3, -0.25) is 4.79 Å². The van der Waals surface area contributed by atoms with Crippen LogP contribution in [-0.2, 0) is 20.9 Å². The fourth-order valence-corrected chi connectivity index (χ4v) is 5.66. The van der Waals surface area contributed by atoms with E-state index in [1.54, 1.807) is 43.2 Å². The summed E-state index contributed by atoms with van der Waals surface area (Å²) in [6.45, 7) is 7.26. The Morgan fingerprint density at radius 1 is 1.13 bits per heavy atom. The van der Waals surface area contributed by atoms with Crippen molar-refractivity contribution in [3.8, 4) is 5.75 Å². The maximum Gasteiger partial charge on any atom is 0.344 e. The molecule has 204 valence electrons. The SMILES string of the molecule is CCOC(=O)C1=C(O)/C(=C/c2cn(CC(=O)N(CC)CC)c3ccc(Br)cc23)SC1=Nc1ccc(OC)cc1. The fourth-order valence-electron chi connectivity index (χ4n) is 4.27. The number of amides is 1. The third-order valence-electron chi connectivity index (χ3n) is 6.26. The number of carbonyl (C=O) groups is 2. The molecule has 0 unspecified atom stereocenters. The molecule has 8 nitrogen and oxygen atoms in total. The molecule has 10 heteroatoms. The number of hydrogen-bond acceptors (Lipinski definition) is 7. The summed E-state index contributed by atoms with van der Waals surface area (Å²) >= 11 is 4.73. The molecular weight excluding hydrogens is 582 g/mol. The van der Waals surface area contributed by atoms with Gasteiger partial charge in [0.15, 0.2) is 0 Å². The lowest BCUT2D eigenvalue weighted by atomic mass is 10.1. The van der Waals surface area contributed by atoms with Crippen LogP contribution in [0.2, 0.25) is 0 Å². The number of aliphatic hydroxyl groups excluding tert-OH is 1. The van der Waals surface area contributed by atoms with Crippen LogP contribution >= 0.6 is 27.7 Å². The highest BCUT2D eigenvalue weighted by molar-refractivity contribution is 9.10. The Labute approximate surface area is 240 Å². The van der Waals surface area contributed by atoms with Crippen LogP contribution in [0, 0.1) is 0 Å². The van der Waals surface area contributed by atoms with Crippen molar-refractivity contribution in [2.75, 3.05) is 26.8 Å². The number of rotatable bonds is 9. The molecule has 1 aliphatic rings. The van der Waals surface area contributed by atoms with Gasteiger partial charge >= 0.3 is 5.97 Å². The van der Waals surface area contributed by atoms with E-state index in [1.165, 1.54) is 11.8 Å². The third kappa shape index (κ3) is 6.23. The molecular formula is C29H30BrN3O5S. The van der Waals surface area contributed by atoms with Gasteiger partial charge in [-0.15, -0.1) is 0 Å². The number of aliphatic hydroxyl groups is 1. The molecule has 0 fully saturated rings. The lowest BCUT2D eigenvalue weighted by molar-refractivity contribution is -0.138. The Morgan fingerprint density at radius 3 is 2.49 bits per heavy atom. The number of thioether (sulfide) groups is 1. The van der Waals surface area contributed by atoms with E-state index in [4.69, 9.17) is 9.47 Å². The van der Waals surface area contributed by atoms with Crippen LogP contribution in [0.15, 0.2) is 74.4 Å². The molecule has 1 aliphatic heterocycles. The number of likely N-dealkylation sites (N-methyl/N-ethyl adjacent to an activating group) is 1. The average Bonchev–Trinajstić information content (AvgIpc) is 3.41. The second kappa shape index (κ2) is 12.6. The van der Waals surface area contributed by atoms with Crippen molar-refractivity contribution in [1.29, 1.82) is 0 Å². The van der Waals surface area contributed by atoms with Gasteiger partial charge in [-0.1, -0.05) is 27.7 Å². The number of esters is 1. The van der Waals surface area contributed by atoms with Crippen LogP contribution in [-0.4, -0.2) is 58.3 Å². The molecule has 3 aromatic rings. The van der Waals surface area contributed by atoms with E-state index >= 15 is 0 Å². The number of ether oxygens (including phenoxy) is 2. The van der Waals surface area contributed by atoms with E-state index in [2.05, 4.69) is 20.9 Å². The molecule has 0 saturated heterocycles. The molecule has 1 N–H and O–H groups in total. The van der Waals surface area contributed by atoms with Gasteiger partial charge in [-0.2, -0.15) is 0 Å². The number of aromatic nitrogens is 1. The highest BCUT2D eigenvalue weighted by Crippen LogP contribution is 2.41. The Bertz CT molecular complexity index is 1490. The van der Waals surface area contributed by atoms with E-state index < -0.39 is 5.97 Å². The lowest BCUT2D eigenvalue weighted by Crippen LogP contribution is -2.33. The molecule has 39 heavy (non-hydrogen) atoms. The predicted molar refractivity (Wildman–Crippen MR) is 160 cm³/mol. The summed E-state index contributed by atoms with van der Waals surface area (Å²) in [4.78, 5) is 32.6. The molecule has 0 aliphatic carbocycles. The van der Waals surface area contributed by atoms with Crippen molar-refractivity contribution in [1.82, 2.24) is 9.47 Å². The molecule has 0 spiro atoms. The van der Waals surface area contributed by atoms with E-state index in [0.717, 1.165) is 20.9 Å². The van der Waals surface area contributed by atoms with Crippen molar-refractivity contribution >= 4 is 67.3 Å². The second-order valence-corrected chi connectivity index (χ2v) is 10.6. The zero-order valence-electron chi connectivity index (χ0n) is 22.2. The van der Waals surface area contributed by atoms with E-state index in [1.807, 2.05) is 48.9 Å². The summed E-state index contributed by atoms with van der Waals surface area (Å²) in [5.41, 5.74) is 2.30. The standard InChI is InChI=1S/C29H30BrN3O5S/c1-5-32(6-2)25(34)17-33-16-18(22-15-19(30)8-13-23(22)33)14-24-27(35)26(29(36)38-7-3)28(39-24)31-20-9-11-21(37-4)12-10-20/h8-16,35H,5-7,17H2,1-4H3/b24-14-,31-28?. The lowest BCUT2D eigenvalue weighted by Gasteiger charge is -2.19. The fraction of sp³-hybridized carbons (Fsp3) is 0.276. The Kier molecular flexibility index (Phi) is 9.19. The normalized spacial score (nSPS) is 15.4. The van der Waals surface area contributed by atoms with Crippen molar-refractivity contribution in [3.63, 3.8) is 0 Å². The van der Waals surface area contributed by atoms with Gasteiger partial charge in [0.2, 0.25) is 5.91 Å². The van der Waals surface area contributed by atoms with Gasteiger partial charge in [0.1, 0.15) is 28.7 Å². The quantitative estimate of drug-likeness (QED) is 0.279. The first kappa shape index (κ1) is 28.5. The summed E-state index contributed by atoms with van der Waals surface area (Å²) in [6.07, 6.45) is 3.70. The first-order chi connectivity index (χ1) is 18.8. The molecule has 1 aromatic heterocycles.